The van der Waals surface area contributed by atoms with E-state index >= 15 is 0 Å². The fourth-order valence-electron chi connectivity index (χ4n) is 2.78. The first-order chi connectivity index (χ1) is 9.69. The highest BCUT2D eigenvalue weighted by Gasteiger charge is 2.21. The third-order valence-corrected chi connectivity index (χ3v) is 6.44. The van der Waals surface area contributed by atoms with Crippen LogP contribution in [0.25, 0.3) is 6.08 Å². The predicted molar refractivity (Wildman–Crippen MR) is 94.3 cm³/mol. The summed E-state index contributed by atoms with van der Waals surface area (Å²) >= 11 is 0. The Morgan fingerprint density at radius 1 is 0.950 bits per heavy atom. The van der Waals surface area contributed by atoms with Crippen LogP contribution >= 0.6 is 0 Å². The Morgan fingerprint density at radius 2 is 1.40 bits per heavy atom. The lowest BCUT2D eigenvalue weighted by molar-refractivity contribution is 0.116. The zero-order valence-corrected chi connectivity index (χ0v) is 15.0. The number of rotatable bonds is 9. The fourth-order valence-corrected chi connectivity index (χ4v) is 5.26. The van der Waals surface area contributed by atoms with Crippen LogP contribution in [-0.2, 0) is 0 Å². The SMILES string of the molecule is C=Cc1ccc([SiH2]C(N(CC)CC)N(CC)CC)cc1. The fraction of sp³-hybridized carbons (Fsp3) is 0.529. The van der Waals surface area contributed by atoms with E-state index in [0.717, 1.165) is 26.2 Å². The van der Waals surface area contributed by atoms with Gasteiger partial charge >= 0.3 is 0 Å². The average molecular weight is 291 g/mol. The molecule has 0 aromatic heterocycles. The van der Waals surface area contributed by atoms with Crippen LogP contribution in [0, 0.1) is 0 Å². The first-order valence-corrected chi connectivity index (χ1v) is 9.41. The summed E-state index contributed by atoms with van der Waals surface area (Å²) in [5.41, 5.74) is 1.21. The summed E-state index contributed by atoms with van der Waals surface area (Å²) in [6.45, 7) is 17.5. The van der Waals surface area contributed by atoms with Gasteiger partial charge in [-0.05, 0) is 31.7 Å². The first kappa shape index (κ1) is 17.1. The lowest BCUT2D eigenvalue weighted by atomic mass is 10.2. The molecule has 20 heavy (non-hydrogen) atoms. The highest BCUT2D eigenvalue weighted by Crippen LogP contribution is 2.06. The van der Waals surface area contributed by atoms with Gasteiger partial charge in [-0.3, -0.25) is 9.80 Å². The highest BCUT2D eigenvalue weighted by atomic mass is 28.2. The molecule has 0 saturated heterocycles. The van der Waals surface area contributed by atoms with Crippen LogP contribution in [0.1, 0.15) is 33.3 Å². The number of hydrogen-bond donors (Lipinski definition) is 0. The van der Waals surface area contributed by atoms with Gasteiger partial charge in [0.2, 0.25) is 0 Å². The van der Waals surface area contributed by atoms with Crippen LogP contribution in [0.15, 0.2) is 30.8 Å². The van der Waals surface area contributed by atoms with Gasteiger partial charge in [-0.1, -0.05) is 69.8 Å². The van der Waals surface area contributed by atoms with Crippen molar-refractivity contribution in [3.63, 3.8) is 0 Å². The van der Waals surface area contributed by atoms with Crippen LogP contribution in [0.2, 0.25) is 0 Å². The van der Waals surface area contributed by atoms with Gasteiger partial charge in [0.1, 0.15) is 0 Å². The average Bonchev–Trinajstić information content (AvgIpc) is 2.50. The second kappa shape index (κ2) is 9.11. The van der Waals surface area contributed by atoms with E-state index in [1.807, 2.05) is 6.08 Å². The molecule has 0 aliphatic carbocycles. The lowest BCUT2D eigenvalue weighted by Gasteiger charge is -2.38. The Hall–Kier alpha value is -0.903. The molecule has 112 valence electrons. The molecule has 0 unspecified atom stereocenters. The van der Waals surface area contributed by atoms with Gasteiger partial charge in [0.05, 0.1) is 9.52 Å². The topological polar surface area (TPSA) is 6.48 Å². The molecule has 1 aromatic carbocycles. The largest absolute Gasteiger partial charge is 0.291 e. The second-order valence-electron chi connectivity index (χ2n) is 5.07. The summed E-state index contributed by atoms with van der Waals surface area (Å²) in [6.07, 6.45) is 1.91. The summed E-state index contributed by atoms with van der Waals surface area (Å²) in [5.74, 6) is 0.634. The summed E-state index contributed by atoms with van der Waals surface area (Å²) in [6, 6.07) is 8.97. The summed E-state index contributed by atoms with van der Waals surface area (Å²) < 4.78 is 0. The molecule has 3 heteroatoms. The molecule has 2 nitrogen and oxygen atoms in total. The maximum Gasteiger partial charge on any atom is 0.0922 e. The molecule has 0 aliphatic rings. The predicted octanol–water partition coefficient (Wildman–Crippen LogP) is 2.09. The van der Waals surface area contributed by atoms with Crippen molar-refractivity contribution in [2.75, 3.05) is 26.2 Å². The monoisotopic (exact) mass is 290 g/mol. The molecule has 0 fully saturated rings. The third-order valence-electron chi connectivity index (χ3n) is 4.10. The van der Waals surface area contributed by atoms with E-state index in [1.165, 1.54) is 5.56 Å². The molecule has 0 atom stereocenters. The van der Waals surface area contributed by atoms with E-state index in [-0.39, 0.29) is 9.52 Å². The number of nitrogens with zero attached hydrogens (tertiary/aromatic N) is 2. The molecule has 0 amide bonds. The van der Waals surface area contributed by atoms with Gasteiger partial charge < -0.3 is 0 Å². The van der Waals surface area contributed by atoms with Crippen LogP contribution < -0.4 is 5.19 Å². The molecule has 0 saturated carbocycles. The Kier molecular flexibility index (Phi) is 7.81. The maximum absolute atomic E-state index is 3.83. The molecule has 0 bridgehead atoms. The molecule has 0 spiro atoms. The minimum absolute atomic E-state index is 0.342. The smallest absolute Gasteiger partial charge is 0.0922 e. The van der Waals surface area contributed by atoms with Gasteiger partial charge in [-0.25, -0.2) is 0 Å². The zero-order chi connectivity index (χ0) is 15.0. The van der Waals surface area contributed by atoms with Crippen LogP contribution in [-0.4, -0.2) is 51.3 Å². The van der Waals surface area contributed by atoms with Gasteiger partial charge in [0.15, 0.2) is 0 Å². The highest BCUT2D eigenvalue weighted by molar-refractivity contribution is 6.54. The van der Waals surface area contributed by atoms with Crippen molar-refractivity contribution in [1.29, 1.82) is 0 Å². The Labute approximate surface area is 127 Å². The lowest BCUT2D eigenvalue weighted by Crippen LogP contribution is -2.54. The van der Waals surface area contributed by atoms with Crippen molar-refractivity contribution in [3.8, 4) is 0 Å². The van der Waals surface area contributed by atoms with Gasteiger partial charge in [0.25, 0.3) is 0 Å². The van der Waals surface area contributed by atoms with Crippen molar-refractivity contribution in [3.05, 3.63) is 36.4 Å². The molecular weight excluding hydrogens is 260 g/mol. The number of hydrogen-bond acceptors (Lipinski definition) is 2. The summed E-state index contributed by atoms with van der Waals surface area (Å²) in [7, 11) is -0.342. The van der Waals surface area contributed by atoms with E-state index in [2.05, 4.69) is 68.3 Å². The normalized spacial score (nSPS) is 12.2. The second-order valence-corrected chi connectivity index (χ2v) is 7.03. The van der Waals surface area contributed by atoms with Crippen LogP contribution in [0.4, 0.5) is 0 Å². The van der Waals surface area contributed by atoms with Crippen LogP contribution in [0.5, 0.6) is 0 Å². The van der Waals surface area contributed by atoms with Crippen molar-refractivity contribution in [2.45, 2.75) is 33.5 Å². The van der Waals surface area contributed by atoms with Crippen molar-refractivity contribution < 1.29 is 0 Å². The van der Waals surface area contributed by atoms with Gasteiger partial charge in [-0.2, -0.15) is 0 Å². The molecule has 0 aliphatic heterocycles. The Morgan fingerprint density at radius 3 is 1.75 bits per heavy atom. The third kappa shape index (κ3) is 4.58. The van der Waals surface area contributed by atoms with Gasteiger partial charge in [0, 0.05) is 5.79 Å². The molecule has 1 aromatic rings. The quantitative estimate of drug-likeness (QED) is 0.507. The summed E-state index contributed by atoms with van der Waals surface area (Å²) in [5, 5.41) is 1.54. The van der Waals surface area contributed by atoms with Crippen LogP contribution in [0.3, 0.4) is 0 Å². The first-order valence-electron chi connectivity index (χ1n) is 7.89. The van der Waals surface area contributed by atoms with E-state index in [1.54, 1.807) is 5.19 Å². The molecular formula is C17H30N2Si. The van der Waals surface area contributed by atoms with E-state index < -0.39 is 0 Å². The van der Waals surface area contributed by atoms with E-state index in [0.29, 0.717) is 5.79 Å². The van der Waals surface area contributed by atoms with Crippen molar-refractivity contribution in [2.24, 2.45) is 0 Å². The minimum Gasteiger partial charge on any atom is -0.291 e. The molecule has 0 radical (unpaired) electrons. The zero-order valence-electron chi connectivity index (χ0n) is 13.6. The minimum atomic E-state index is -0.342. The van der Waals surface area contributed by atoms with Gasteiger partial charge in [-0.15, -0.1) is 0 Å². The Balaban J connectivity index is 2.89. The van der Waals surface area contributed by atoms with Crippen molar-refractivity contribution >= 4 is 20.8 Å². The Bertz CT molecular complexity index is 368. The summed E-state index contributed by atoms with van der Waals surface area (Å²) in [4.78, 5) is 5.22. The standard InChI is InChI=1S/C17H30N2Si/c1-6-15-11-13-16(14-12-15)20-17(18(7-2)8-3)19(9-4)10-5/h6,11-14,17H,1,7-10,20H2,2-5H3. The molecule has 1 rings (SSSR count). The van der Waals surface area contributed by atoms with E-state index in [9.17, 15) is 0 Å². The maximum atomic E-state index is 3.83. The van der Waals surface area contributed by atoms with E-state index in [4.69, 9.17) is 0 Å². The molecule has 0 N–H and O–H groups in total. The molecule has 0 heterocycles. The number of benzene rings is 1. The van der Waals surface area contributed by atoms with Crippen molar-refractivity contribution in [1.82, 2.24) is 9.80 Å².